The third-order valence-corrected chi connectivity index (χ3v) is 3.42. The lowest BCUT2D eigenvalue weighted by molar-refractivity contribution is -0.144. The predicted molar refractivity (Wildman–Crippen MR) is 70.7 cm³/mol. The molecule has 0 aliphatic carbocycles. The fourth-order valence-corrected chi connectivity index (χ4v) is 2.15. The molecule has 100 valence electrons. The Morgan fingerprint density at radius 2 is 2.32 bits per heavy atom. The number of ether oxygens (including phenoxy) is 1. The first-order valence-electron chi connectivity index (χ1n) is 5.15. The van der Waals surface area contributed by atoms with Crippen molar-refractivity contribution < 1.29 is 19.0 Å². The first kappa shape index (κ1) is 13.9. The summed E-state index contributed by atoms with van der Waals surface area (Å²) in [6, 6.07) is 2.61. The van der Waals surface area contributed by atoms with E-state index in [2.05, 4.69) is 25.5 Å². The Balaban J connectivity index is 2.46. The number of benzene rings is 1. The second-order valence-electron chi connectivity index (χ2n) is 3.65. The van der Waals surface area contributed by atoms with Crippen LogP contribution in [-0.4, -0.2) is 26.8 Å². The van der Waals surface area contributed by atoms with Crippen LogP contribution in [0.1, 0.15) is 6.92 Å². The van der Waals surface area contributed by atoms with Gasteiger partial charge in [0.05, 0.1) is 4.47 Å². The molecule has 5 nitrogen and oxygen atoms in total. The normalized spacial score (nSPS) is 12.2. The van der Waals surface area contributed by atoms with Gasteiger partial charge >= 0.3 is 5.97 Å². The summed E-state index contributed by atoms with van der Waals surface area (Å²) in [6.07, 6.45) is -1.09. The van der Waals surface area contributed by atoms with Crippen LogP contribution in [0.25, 0.3) is 11.3 Å². The Morgan fingerprint density at radius 3 is 2.89 bits per heavy atom. The first-order chi connectivity index (χ1) is 8.99. The maximum atomic E-state index is 13.5. The number of carboxylic acids is 1. The molecule has 0 saturated heterocycles. The molecule has 0 aliphatic rings. The number of hydrogen-bond acceptors (Lipinski definition) is 5. The third kappa shape index (κ3) is 3.07. The van der Waals surface area contributed by atoms with Gasteiger partial charge in [0.25, 0.3) is 0 Å². The first-order valence-corrected chi connectivity index (χ1v) is 6.78. The molecule has 2 aromatic rings. The Bertz CT molecular complexity index is 606. The van der Waals surface area contributed by atoms with E-state index < -0.39 is 17.9 Å². The van der Waals surface area contributed by atoms with Crippen molar-refractivity contribution in [2.45, 2.75) is 13.0 Å². The van der Waals surface area contributed by atoms with Crippen LogP contribution in [0.5, 0.6) is 5.75 Å². The van der Waals surface area contributed by atoms with E-state index in [1.807, 2.05) is 0 Å². The van der Waals surface area contributed by atoms with Crippen LogP contribution in [0.4, 0.5) is 4.39 Å². The van der Waals surface area contributed by atoms with Gasteiger partial charge in [0.15, 0.2) is 6.10 Å². The largest absolute Gasteiger partial charge is 0.479 e. The number of aromatic nitrogens is 2. The summed E-state index contributed by atoms with van der Waals surface area (Å²) in [7, 11) is 0. The van der Waals surface area contributed by atoms with Crippen molar-refractivity contribution in [1.82, 2.24) is 9.59 Å². The second-order valence-corrected chi connectivity index (χ2v) is 5.12. The van der Waals surface area contributed by atoms with Gasteiger partial charge in [-0.15, -0.1) is 5.10 Å². The molecule has 1 N–H and O–H groups in total. The summed E-state index contributed by atoms with van der Waals surface area (Å²) in [4.78, 5) is 10.8. The second kappa shape index (κ2) is 5.62. The molecule has 0 spiro atoms. The molecule has 0 bridgehead atoms. The lowest BCUT2D eigenvalue weighted by Gasteiger charge is -2.14. The van der Waals surface area contributed by atoms with Gasteiger partial charge in [0.2, 0.25) is 0 Å². The molecule has 0 unspecified atom stereocenters. The highest BCUT2D eigenvalue weighted by Crippen LogP contribution is 2.34. The topological polar surface area (TPSA) is 72.3 Å². The monoisotopic (exact) mass is 346 g/mol. The van der Waals surface area contributed by atoms with Crippen molar-refractivity contribution in [3.8, 4) is 17.0 Å². The number of halogens is 2. The summed E-state index contributed by atoms with van der Waals surface area (Å²) >= 11 is 4.21. The maximum absolute atomic E-state index is 13.5. The van der Waals surface area contributed by atoms with Crippen LogP contribution in [0.3, 0.4) is 0 Å². The Morgan fingerprint density at radius 1 is 1.58 bits per heavy atom. The van der Waals surface area contributed by atoms with Crippen LogP contribution in [0.15, 0.2) is 22.0 Å². The molecule has 0 amide bonds. The maximum Gasteiger partial charge on any atom is 0.344 e. The van der Waals surface area contributed by atoms with Crippen molar-refractivity contribution in [1.29, 1.82) is 0 Å². The fraction of sp³-hybridized carbons (Fsp3) is 0.182. The Labute approximate surface area is 120 Å². The van der Waals surface area contributed by atoms with Crippen molar-refractivity contribution in [2.24, 2.45) is 0 Å². The summed E-state index contributed by atoms with van der Waals surface area (Å²) in [6.45, 7) is 1.37. The Hall–Kier alpha value is -1.54. The zero-order chi connectivity index (χ0) is 14.0. The Kier molecular flexibility index (Phi) is 4.11. The van der Waals surface area contributed by atoms with Gasteiger partial charge in [-0.1, -0.05) is 4.49 Å². The quantitative estimate of drug-likeness (QED) is 0.921. The van der Waals surface area contributed by atoms with Crippen molar-refractivity contribution >= 4 is 33.4 Å². The van der Waals surface area contributed by atoms with E-state index >= 15 is 0 Å². The SMILES string of the molecule is C[C@H](Oc1cc(F)c(Br)cc1-c1csnn1)C(=O)O. The molecule has 1 heterocycles. The summed E-state index contributed by atoms with van der Waals surface area (Å²) in [5, 5.41) is 14.4. The summed E-state index contributed by atoms with van der Waals surface area (Å²) in [5.41, 5.74) is 0.980. The number of aliphatic carboxylic acids is 1. The number of rotatable bonds is 4. The minimum Gasteiger partial charge on any atom is -0.479 e. The number of carbonyl (C=O) groups is 1. The van der Waals surface area contributed by atoms with Crippen molar-refractivity contribution in [3.63, 3.8) is 0 Å². The zero-order valence-electron chi connectivity index (χ0n) is 9.63. The molecule has 0 fully saturated rings. The number of carboxylic acid groups (broad SMARTS) is 1. The molecular weight excluding hydrogens is 339 g/mol. The van der Waals surface area contributed by atoms with Gasteiger partial charge in [-0.3, -0.25) is 0 Å². The van der Waals surface area contributed by atoms with Crippen molar-refractivity contribution in [2.75, 3.05) is 0 Å². The average molecular weight is 347 g/mol. The van der Waals surface area contributed by atoms with Gasteiger partial charge in [-0.05, 0) is 40.5 Å². The van der Waals surface area contributed by atoms with E-state index in [9.17, 15) is 9.18 Å². The lowest BCUT2D eigenvalue weighted by Crippen LogP contribution is -2.23. The van der Waals surface area contributed by atoms with Crippen LogP contribution >= 0.6 is 27.5 Å². The molecule has 1 aromatic carbocycles. The van der Waals surface area contributed by atoms with E-state index in [0.29, 0.717) is 11.3 Å². The standard InChI is InChI=1S/C11H8BrFN2O3S/c1-5(11(16)17)18-10-3-8(13)7(12)2-6(10)9-4-19-15-14-9/h2-5H,1H3,(H,16,17)/t5-/m0/s1. The van der Waals surface area contributed by atoms with E-state index in [1.54, 1.807) is 5.38 Å². The molecule has 0 aliphatic heterocycles. The van der Waals surface area contributed by atoms with Crippen molar-refractivity contribution in [3.05, 3.63) is 27.8 Å². The molecule has 1 atom stereocenters. The van der Waals surface area contributed by atoms with Gasteiger partial charge in [-0.25, -0.2) is 9.18 Å². The zero-order valence-corrected chi connectivity index (χ0v) is 12.0. The van der Waals surface area contributed by atoms with Crippen LogP contribution in [0, 0.1) is 5.82 Å². The van der Waals surface area contributed by atoms with Gasteiger partial charge < -0.3 is 9.84 Å². The minimum atomic E-state index is -1.13. The molecule has 0 saturated carbocycles. The predicted octanol–water partition coefficient (Wildman–Crippen LogP) is 2.96. The molecule has 1 aromatic heterocycles. The molecule has 19 heavy (non-hydrogen) atoms. The number of hydrogen-bond donors (Lipinski definition) is 1. The van der Waals surface area contributed by atoms with E-state index in [0.717, 1.165) is 17.6 Å². The highest BCUT2D eigenvalue weighted by Gasteiger charge is 2.19. The highest BCUT2D eigenvalue weighted by atomic mass is 79.9. The fourth-order valence-electron chi connectivity index (χ4n) is 1.35. The number of nitrogens with zero attached hydrogens (tertiary/aromatic N) is 2. The average Bonchev–Trinajstić information content (AvgIpc) is 2.86. The van der Waals surface area contributed by atoms with Crippen LogP contribution in [0.2, 0.25) is 0 Å². The summed E-state index contributed by atoms with van der Waals surface area (Å²) in [5.74, 6) is -1.56. The van der Waals surface area contributed by atoms with Crippen LogP contribution in [-0.2, 0) is 4.79 Å². The molecule has 0 radical (unpaired) electrons. The molecular formula is C11H8BrFN2O3S. The third-order valence-electron chi connectivity index (χ3n) is 2.31. The minimum absolute atomic E-state index is 0.114. The highest BCUT2D eigenvalue weighted by molar-refractivity contribution is 9.10. The van der Waals surface area contributed by atoms with E-state index in [-0.39, 0.29) is 10.2 Å². The van der Waals surface area contributed by atoms with Gasteiger partial charge in [0, 0.05) is 17.0 Å². The van der Waals surface area contributed by atoms with Gasteiger partial charge in [-0.2, -0.15) is 0 Å². The smallest absolute Gasteiger partial charge is 0.344 e. The van der Waals surface area contributed by atoms with E-state index in [1.165, 1.54) is 13.0 Å². The van der Waals surface area contributed by atoms with E-state index in [4.69, 9.17) is 9.84 Å². The summed E-state index contributed by atoms with van der Waals surface area (Å²) < 4.78 is 22.7. The lowest BCUT2D eigenvalue weighted by atomic mass is 10.1. The molecule has 2 rings (SSSR count). The van der Waals surface area contributed by atoms with Crippen LogP contribution < -0.4 is 4.74 Å². The molecule has 8 heteroatoms. The van der Waals surface area contributed by atoms with Gasteiger partial charge in [0.1, 0.15) is 17.3 Å².